The summed E-state index contributed by atoms with van der Waals surface area (Å²) in [6, 6.07) is 10.4. The molecule has 0 aliphatic heterocycles. The highest BCUT2D eigenvalue weighted by Gasteiger charge is 2.11. The van der Waals surface area contributed by atoms with Crippen LogP contribution < -0.4 is 0 Å². The van der Waals surface area contributed by atoms with E-state index < -0.39 is 6.10 Å². The molecule has 1 unspecified atom stereocenters. The minimum atomic E-state index is -0.574. The fourth-order valence-electron chi connectivity index (χ4n) is 2.48. The number of aryl methyl sites for hydroxylation is 2. The molecule has 2 aromatic rings. The lowest BCUT2D eigenvalue weighted by molar-refractivity contribution is 0.175. The van der Waals surface area contributed by atoms with E-state index >= 15 is 0 Å². The van der Waals surface area contributed by atoms with Crippen molar-refractivity contribution in [3.8, 4) is 0 Å². The van der Waals surface area contributed by atoms with Crippen LogP contribution in [0.5, 0.6) is 0 Å². The summed E-state index contributed by atoms with van der Waals surface area (Å²) in [6.45, 7) is 4.07. The molecule has 2 rings (SSSR count). The Morgan fingerprint density at radius 3 is 2.35 bits per heavy atom. The molecule has 0 aliphatic carbocycles. The van der Waals surface area contributed by atoms with E-state index in [1.54, 1.807) is 0 Å². The van der Waals surface area contributed by atoms with E-state index in [1.807, 2.05) is 13.8 Å². The van der Waals surface area contributed by atoms with Gasteiger partial charge in [-0.15, -0.1) is 0 Å². The molecule has 0 saturated carbocycles. The molecule has 106 valence electrons. The Hall–Kier alpha value is -1.38. The van der Waals surface area contributed by atoms with Gasteiger partial charge in [-0.3, -0.25) is 0 Å². The summed E-state index contributed by atoms with van der Waals surface area (Å²) in [6.07, 6.45) is 0.314. The Morgan fingerprint density at radius 2 is 1.70 bits per heavy atom. The maximum atomic E-state index is 13.2. The number of hydrogen-bond acceptors (Lipinski definition) is 1. The SMILES string of the molecule is Cc1cc(C)cc(CC(O)Cc2cc(F)ccc2Cl)c1. The fraction of sp³-hybridized carbons (Fsp3) is 0.294. The smallest absolute Gasteiger partial charge is 0.123 e. The Bertz CT molecular complexity index is 590. The molecule has 1 atom stereocenters. The molecule has 0 radical (unpaired) electrons. The minimum absolute atomic E-state index is 0.331. The summed E-state index contributed by atoms with van der Waals surface area (Å²) in [5.41, 5.74) is 4.08. The van der Waals surface area contributed by atoms with Gasteiger partial charge in [0.2, 0.25) is 0 Å². The van der Waals surface area contributed by atoms with E-state index in [0.29, 0.717) is 23.4 Å². The number of rotatable bonds is 4. The molecule has 1 N–H and O–H groups in total. The van der Waals surface area contributed by atoms with E-state index in [4.69, 9.17) is 11.6 Å². The second-order valence-corrected chi connectivity index (χ2v) is 5.70. The van der Waals surface area contributed by atoms with Crippen LogP contribution in [0.1, 0.15) is 22.3 Å². The maximum absolute atomic E-state index is 13.2. The molecule has 0 heterocycles. The van der Waals surface area contributed by atoms with Gasteiger partial charge in [0.1, 0.15) is 5.82 Å². The van der Waals surface area contributed by atoms with Crippen molar-refractivity contribution in [2.24, 2.45) is 0 Å². The molecule has 20 heavy (non-hydrogen) atoms. The number of hydrogen-bond donors (Lipinski definition) is 1. The number of halogens is 2. The van der Waals surface area contributed by atoms with E-state index in [1.165, 1.54) is 29.3 Å². The van der Waals surface area contributed by atoms with Crippen LogP contribution in [-0.4, -0.2) is 11.2 Å². The van der Waals surface area contributed by atoms with Gasteiger partial charge >= 0.3 is 0 Å². The van der Waals surface area contributed by atoms with Crippen LogP contribution in [0.4, 0.5) is 4.39 Å². The first-order chi connectivity index (χ1) is 9.44. The normalized spacial score (nSPS) is 12.4. The largest absolute Gasteiger partial charge is 0.392 e. The van der Waals surface area contributed by atoms with E-state index in [0.717, 1.165) is 5.56 Å². The molecule has 0 bridgehead atoms. The highest BCUT2D eigenvalue weighted by molar-refractivity contribution is 6.31. The lowest BCUT2D eigenvalue weighted by Crippen LogP contribution is -2.14. The Balaban J connectivity index is 2.08. The number of aliphatic hydroxyl groups excluding tert-OH is 1. The summed E-state index contributed by atoms with van der Waals surface area (Å²) in [7, 11) is 0. The van der Waals surface area contributed by atoms with Gasteiger partial charge in [0.15, 0.2) is 0 Å². The second kappa shape index (κ2) is 6.38. The van der Waals surface area contributed by atoms with Crippen molar-refractivity contribution in [2.45, 2.75) is 32.8 Å². The molecule has 1 nitrogen and oxygen atoms in total. The van der Waals surface area contributed by atoms with Crippen molar-refractivity contribution in [3.05, 3.63) is 69.5 Å². The summed E-state index contributed by atoms with van der Waals surface area (Å²) in [5, 5.41) is 10.7. The van der Waals surface area contributed by atoms with Gasteiger partial charge in [0, 0.05) is 11.4 Å². The molecular weight excluding hydrogens is 275 g/mol. The number of benzene rings is 2. The number of aliphatic hydroxyl groups is 1. The highest BCUT2D eigenvalue weighted by atomic mass is 35.5. The Morgan fingerprint density at radius 1 is 1.05 bits per heavy atom. The molecule has 0 fully saturated rings. The average Bonchev–Trinajstić information content (AvgIpc) is 2.32. The van der Waals surface area contributed by atoms with Crippen molar-refractivity contribution >= 4 is 11.6 Å². The summed E-state index contributed by atoms with van der Waals surface area (Å²) < 4.78 is 13.2. The fourth-order valence-corrected chi connectivity index (χ4v) is 2.68. The second-order valence-electron chi connectivity index (χ2n) is 5.29. The van der Waals surface area contributed by atoms with Crippen LogP contribution in [0.2, 0.25) is 5.02 Å². The van der Waals surface area contributed by atoms with E-state index in [-0.39, 0.29) is 5.82 Å². The quantitative estimate of drug-likeness (QED) is 0.893. The van der Waals surface area contributed by atoms with Crippen molar-refractivity contribution in [1.82, 2.24) is 0 Å². The van der Waals surface area contributed by atoms with Gasteiger partial charge in [-0.2, -0.15) is 0 Å². The Labute approximate surface area is 124 Å². The third-order valence-corrected chi connectivity index (χ3v) is 3.58. The van der Waals surface area contributed by atoms with Crippen molar-refractivity contribution < 1.29 is 9.50 Å². The minimum Gasteiger partial charge on any atom is -0.392 e. The molecular formula is C17H18ClFO. The van der Waals surface area contributed by atoms with Gasteiger partial charge in [0.05, 0.1) is 6.10 Å². The first-order valence-corrected chi connectivity index (χ1v) is 7.01. The molecule has 0 amide bonds. The topological polar surface area (TPSA) is 20.2 Å². The molecule has 0 saturated heterocycles. The van der Waals surface area contributed by atoms with Gasteiger partial charge in [-0.25, -0.2) is 4.39 Å². The van der Waals surface area contributed by atoms with Gasteiger partial charge in [0.25, 0.3) is 0 Å². The summed E-state index contributed by atoms with van der Waals surface area (Å²) >= 11 is 6.02. The van der Waals surface area contributed by atoms with Crippen LogP contribution in [0, 0.1) is 19.7 Å². The van der Waals surface area contributed by atoms with Gasteiger partial charge < -0.3 is 5.11 Å². The third kappa shape index (κ3) is 4.06. The lowest BCUT2D eigenvalue weighted by Gasteiger charge is -2.13. The molecule has 0 aliphatic rings. The predicted molar refractivity (Wildman–Crippen MR) is 80.7 cm³/mol. The summed E-state index contributed by atoms with van der Waals surface area (Å²) in [4.78, 5) is 0. The van der Waals surface area contributed by atoms with Gasteiger partial charge in [-0.1, -0.05) is 40.9 Å². The zero-order valence-electron chi connectivity index (χ0n) is 11.7. The van der Waals surface area contributed by atoms with Crippen molar-refractivity contribution in [2.75, 3.05) is 0 Å². The Kier molecular flexibility index (Phi) is 4.79. The van der Waals surface area contributed by atoms with Crippen LogP contribution in [0.25, 0.3) is 0 Å². The maximum Gasteiger partial charge on any atom is 0.123 e. The zero-order chi connectivity index (χ0) is 14.7. The van der Waals surface area contributed by atoms with Crippen LogP contribution in [0.3, 0.4) is 0 Å². The molecule has 2 aromatic carbocycles. The first kappa shape index (κ1) is 15.0. The summed E-state index contributed by atoms with van der Waals surface area (Å²) in [5.74, 6) is -0.331. The average molecular weight is 293 g/mol. The van der Waals surface area contributed by atoms with Crippen LogP contribution in [-0.2, 0) is 12.8 Å². The lowest BCUT2D eigenvalue weighted by atomic mass is 9.98. The monoisotopic (exact) mass is 292 g/mol. The highest BCUT2D eigenvalue weighted by Crippen LogP contribution is 2.20. The molecule has 0 spiro atoms. The third-order valence-electron chi connectivity index (χ3n) is 3.22. The predicted octanol–water partition coefficient (Wildman–Crippen LogP) is 4.24. The van der Waals surface area contributed by atoms with E-state index in [2.05, 4.69) is 18.2 Å². The zero-order valence-corrected chi connectivity index (χ0v) is 12.4. The van der Waals surface area contributed by atoms with Crippen molar-refractivity contribution in [1.29, 1.82) is 0 Å². The molecule has 0 aromatic heterocycles. The first-order valence-electron chi connectivity index (χ1n) is 6.63. The molecule has 3 heteroatoms. The van der Waals surface area contributed by atoms with Crippen LogP contribution in [0.15, 0.2) is 36.4 Å². The van der Waals surface area contributed by atoms with Gasteiger partial charge in [-0.05, 0) is 49.6 Å². The van der Waals surface area contributed by atoms with E-state index in [9.17, 15) is 9.50 Å². The van der Waals surface area contributed by atoms with Crippen LogP contribution >= 0.6 is 11.6 Å². The van der Waals surface area contributed by atoms with Crippen molar-refractivity contribution in [3.63, 3.8) is 0 Å². The standard InChI is InChI=1S/C17H18ClFO/c1-11-5-12(2)7-13(6-11)8-16(20)10-14-9-15(19)3-4-17(14)18/h3-7,9,16,20H,8,10H2,1-2H3.